The van der Waals surface area contributed by atoms with Gasteiger partial charge in [-0.25, -0.2) is 0 Å². The Morgan fingerprint density at radius 3 is 1.96 bits per heavy atom. The number of para-hydroxylation sites is 2. The number of aromatic nitrogens is 1. The molecule has 23 heavy (non-hydrogen) atoms. The molecule has 0 fully saturated rings. The molecule has 0 saturated carbocycles. The normalized spacial score (nSPS) is 12.4. The van der Waals surface area contributed by atoms with Crippen molar-refractivity contribution in [1.29, 1.82) is 0 Å². The average Bonchev–Trinajstić information content (AvgIpc) is 2.53. The second-order valence-electron chi connectivity index (χ2n) is 6.19. The van der Waals surface area contributed by atoms with Gasteiger partial charge in [0.1, 0.15) is 11.5 Å². The first-order chi connectivity index (χ1) is 11.1. The topological polar surface area (TPSA) is 22.1 Å². The Bertz CT molecular complexity index is 835. The second-order valence-corrected chi connectivity index (χ2v) is 6.19. The average molecular weight is 299 g/mol. The maximum atomic E-state index is 6.11. The molecule has 2 aromatic carbocycles. The number of rotatable bonds is 1. The molecule has 4 rings (SSSR count). The van der Waals surface area contributed by atoms with Crippen molar-refractivity contribution in [2.24, 2.45) is 0 Å². The largest absolute Gasteiger partial charge is 0.458 e. The number of fused-ring (bicyclic) bond motifs is 2. The van der Waals surface area contributed by atoms with E-state index in [4.69, 9.17) is 9.72 Å². The van der Waals surface area contributed by atoms with Gasteiger partial charge >= 0.3 is 0 Å². The third-order valence-electron chi connectivity index (χ3n) is 4.55. The summed E-state index contributed by atoms with van der Waals surface area (Å²) in [6.45, 7) is 6.51. The van der Waals surface area contributed by atoms with Crippen molar-refractivity contribution in [1.82, 2.24) is 4.98 Å². The van der Waals surface area contributed by atoms with Crippen molar-refractivity contribution in [2.75, 3.05) is 0 Å². The minimum Gasteiger partial charge on any atom is -0.458 e. The summed E-state index contributed by atoms with van der Waals surface area (Å²) in [5.41, 5.74) is 7.16. The SMILES string of the molecule is Cc1cc(C)c(B2c3ccccc3Oc3ccccc32)c(C)n1. The van der Waals surface area contributed by atoms with E-state index in [0.717, 1.165) is 22.9 Å². The molecule has 0 atom stereocenters. The summed E-state index contributed by atoms with van der Waals surface area (Å²) < 4.78 is 6.11. The first-order valence-electron chi connectivity index (χ1n) is 7.95. The zero-order chi connectivity index (χ0) is 16.0. The lowest BCUT2D eigenvalue weighted by Crippen LogP contribution is -2.56. The highest BCUT2D eigenvalue weighted by Crippen LogP contribution is 2.24. The van der Waals surface area contributed by atoms with Crippen LogP contribution in [0.15, 0.2) is 54.6 Å². The molecule has 2 heterocycles. The van der Waals surface area contributed by atoms with Crippen LogP contribution in [0.5, 0.6) is 11.5 Å². The highest BCUT2D eigenvalue weighted by atomic mass is 16.5. The van der Waals surface area contributed by atoms with Crippen LogP contribution < -0.4 is 21.1 Å². The number of hydrogen-bond acceptors (Lipinski definition) is 2. The molecule has 0 aliphatic carbocycles. The summed E-state index contributed by atoms with van der Waals surface area (Å²) in [6, 6.07) is 18.8. The Balaban J connectivity index is 2.02. The van der Waals surface area contributed by atoms with Crippen LogP contribution in [0.3, 0.4) is 0 Å². The molecular formula is C20H18BNO. The van der Waals surface area contributed by atoms with Gasteiger partial charge in [0.2, 0.25) is 0 Å². The highest BCUT2D eigenvalue weighted by Gasteiger charge is 2.34. The van der Waals surface area contributed by atoms with Gasteiger partial charge in [-0.15, -0.1) is 0 Å². The molecule has 0 spiro atoms. The molecule has 2 nitrogen and oxygen atoms in total. The molecule has 0 amide bonds. The summed E-state index contributed by atoms with van der Waals surface area (Å²) in [5.74, 6) is 1.88. The molecule has 1 aliphatic heterocycles. The van der Waals surface area contributed by atoms with E-state index in [1.165, 1.54) is 22.0 Å². The van der Waals surface area contributed by atoms with E-state index >= 15 is 0 Å². The Labute approximate surface area is 137 Å². The van der Waals surface area contributed by atoms with Gasteiger partial charge in [0.25, 0.3) is 6.71 Å². The molecular weight excluding hydrogens is 281 g/mol. The van der Waals surface area contributed by atoms with Gasteiger partial charge in [-0.3, -0.25) is 4.98 Å². The van der Waals surface area contributed by atoms with Crippen LogP contribution in [0.2, 0.25) is 0 Å². The zero-order valence-corrected chi connectivity index (χ0v) is 13.6. The molecule has 3 aromatic rings. The number of ether oxygens (including phenoxy) is 1. The van der Waals surface area contributed by atoms with Crippen LogP contribution in [0, 0.1) is 20.8 Å². The molecule has 0 bridgehead atoms. The van der Waals surface area contributed by atoms with Crippen LogP contribution in [0.4, 0.5) is 0 Å². The summed E-state index contributed by atoms with van der Waals surface area (Å²) in [6.07, 6.45) is 0. The van der Waals surface area contributed by atoms with Crippen LogP contribution in [-0.4, -0.2) is 11.7 Å². The van der Waals surface area contributed by atoms with E-state index in [1.54, 1.807) is 0 Å². The summed E-state index contributed by atoms with van der Waals surface area (Å²) in [7, 11) is 0. The van der Waals surface area contributed by atoms with Crippen molar-refractivity contribution >= 4 is 23.1 Å². The third-order valence-corrected chi connectivity index (χ3v) is 4.55. The zero-order valence-electron chi connectivity index (χ0n) is 13.6. The van der Waals surface area contributed by atoms with Crippen molar-refractivity contribution in [3.8, 4) is 11.5 Å². The fourth-order valence-electron chi connectivity index (χ4n) is 3.69. The lowest BCUT2D eigenvalue weighted by Gasteiger charge is -2.28. The van der Waals surface area contributed by atoms with Gasteiger partial charge < -0.3 is 4.74 Å². The lowest BCUT2D eigenvalue weighted by atomic mass is 9.35. The summed E-state index contributed by atoms with van der Waals surface area (Å²) in [5, 5.41) is 0. The maximum absolute atomic E-state index is 6.11. The van der Waals surface area contributed by atoms with Gasteiger partial charge in [-0.05, 0) is 55.4 Å². The van der Waals surface area contributed by atoms with E-state index in [-0.39, 0.29) is 6.71 Å². The Kier molecular flexibility index (Phi) is 3.23. The van der Waals surface area contributed by atoms with Gasteiger partial charge in [0.05, 0.1) is 0 Å². The fraction of sp³-hybridized carbons (Fsp3) is 0.150. The molecule has 0 N–H and O–H groups in total. The van der Waals surface area contributed by atoms with Crippen LogP contribution in [0.1, 0.15) is 17.0 Å². The lowest BCUT2D eigenvalue weighted by molar-refractivity contribution is 0.487. The van der Waals surface area contributed by atoms with E-state index < -0.39 is 0 Å². The van der Waals surface area contributed by atoms with Crippen LogP contribution in [-0.2, 0) is 0 Å². The number of benzene rings is 2. The quantitative estimate of drug-likeness (QED) is 0.504. The summed E-state index contributed by atoms with van der Waals surface area (Å²) >= 11 is 0. The first kappa shape index (κ1) is 14.1. The van der Waals surface area contributed by atoms with Gasteiger partial charge in [-0.1, -0.05) is 42.0 Å². The van der Waals surface area contributed by atoms with Crippen LogP contribution in [0.25, 0.3) is 0 Å². The molecule has 112 valence electrons. The predicted octanol–water partition coefficient (Wildman–Crippen LogP) is 2.63. The van der Waals surface area contributed by atoms with E-state index in [1.807, 2.05) is 24.3 Å². The standard InChI is InChI=1S/C20H18BNO/c1-13-12-14(2)22-15(3)20(13)21-16-8-4-6-10-18(16)23-19-11-7-5-9-17(19)21/h4-12H,1-3H3. The molecule has 1 aliphatic rings. The Morgan fingerprint density at radius 2 is 1.39 bits per heavy atom. The van der Waals surface area contributed by atoms with E-state index in [0.29, 0.717) is 0 Å². The molecule has 1 aromatic heterocycles. The fourth-order valence-corrected chi connectivity index (χ4v) is 3.69. The highest BCUT2D eigenvalue weighted by molar-refractivity contribution is 6.97. The summed E-state index contributed by atoms with van der Waals surface area (Å²) in [4.78, 5) is 4.71. The van der Waals surface area contributed by atoms with Crippen LogP contribution >= 0.6 is 0 Å². The Hall–Kier alpha value is -2.55. The van der Waals surface area contributed by atoms with Crippen molar-refractivity contribution < 1.29 is 4.74 Å². The monoisotopic (exact) mass is 299 g/mol. The van der Waals surface area contributed by atoms with Gasteiger partial charge in [0, 0.05) is 11.4 Å². The number of pyridine rings is 1. The van der Waals surface area contributed by atoms with Gasteiger partial charge in [0.15, 0.2) is 0 Å². The molecule has 0 unspecified atom stereocenters. The van der Waals surface area contributed by atoms with E-state index in [9.17, 15) is 0 Å². The molecule has 3 heteroatoms. The first-order valence-corrected chi connectivity index (χ1v) is 7.95. The molecule has 0 radical (unpaired) electrons. The third kappa shape index (κ3) is 2.24. The van der Waals surface area contributed by atoms with E-state index in [2.05, 4.69) is 51.1 Å². The minimum atomic E-state index is 0.171. The number of hydrogen-bond donors (Lipinski definition) is 0. The minimum absolute atomic E-state index is 0.171. The predicted molar refractivity (Wildman–Crippen MR) is 96.1 cm³/mol. The van der Waals surface area contributed by atoms with Crippen molar-refractivity contribution in [3.05, 3.63) is 71.5 Å². The number of nitrogens with zero attached hydrogens (tertiary/aromatic N) is 1. The molecule has 0 saturated heterocycles. The number of aryl methyl sites for hydroxylation is 3. The smallest absolute Gasteiger partial charge is 0.253 e. The maximum Gasteiger partial charge on any atom is 0.253 e. The van der Waals surface area contributed by atoms with Crippen molar-refractivity contribution in [3.63, 3.8) is 0 Å². The van der Waals surface area contributed by atoms with Crippen molar-refractivity contribution in [2.45, 2.75) is 20.8 Å². The Morgan fingerprint density at radius 1 is 0.826 bits per heavy atom. The second kappa shape index (κ2) is 5.27. The van der Waals surface area contributed by atoms with Gasteiger partial charge in [-0.2, -0.15) is 0 Å².